The van der Waals surface area contributed by atoms with Crippen LogP contribution in [0.5, 0.6) is 0 Å². The summed E-state index contributed by atoms with van der Waals surface area (Å²) < 4.78 is 0. The first-order valence-electron chi connectivity index (χ1n) is 9.47. The second kappa shape index (κ2) is 10.5. The molecule has 1 saturated heterocycles. The number of carbonyl (C=O) groups is 4. The standard InChI is InChI=1S/C16H26N8O6/c1-3-8(2)13(19-16(29)30)15(28)18-6-12(26)24-7-9(25)4-10(24)14(27)17-5-11-20-22-23-21-11/h8-10,13,19,25H,3-7H2,1-2H3,(H,17,27)(H,18,28)(H,29,30)(H,20,21,22,23)/t8-,9+,10-,13-/m0/s1. The number of nitrogens with one attached hydrogen (secondary N) is 4. The number of carbonyl (C=O) groups excluding carboxylic acids is 3. The van der Waals surface area contributed by atoms with Gasteiger partial charge >= 0.3 is 6.09 Å². The van der Waals surface area contributed by atoms with E-state index in [4.69, 9.17) is 5.11 Å². The topological polar surface area (TPSA) is 203 Å². The highest BCUT2D eigenvalue weighted by Crippen LogP contribution is 2.18. The van der Waals surface area contributed by atoms with Crippen LogP contribution in [-0.2, 0) is 20.9 Å². The van der Waals surface area contributed by atoms with Crippen molar-refractivity contribution < 1.29 is 29.4 Å². The SMILES string of the molecule is CC[C@H](C)[C@H](NC(=O)O)C(=O)NCC(=O)N1C[C@H](O)C[C@H]1C(=O)NCc1nn[nH]n1. The van der Waals surface area contributed by atoms with Crippen LogP contribution in [0.1, 0.15) is 32.5 Å². The third-order valence-corrected chi connectivity index (χ3v) is 4.90. The molecule has 1 fully saturated rings. The molecule has 1 aliphatic rings. The van der Waals surface area contributed by atoms with Gasteiger partial charge < -0.3 is 31.1 Å². The van der Waals surface area contributed by atoms with E-state index >= 15 is 0 Å². The summed E-state index contributed by atoms with van der Waals surface area (Å²) in [6, 6.07) is -1.93. The molecular formula is C16H26N8O6. The molecule has 1 aromatic rings. The summed E-state index contributed by atoms with van der Waals surface area (Å²) in [7, 11) is 0. The fourth-order valence-corrected chi connectivity index (χ4v) is 3.09. The predicted octanol–water partition coefficient (Wildman–Crippen LogP) is -2.42. The van der Waals surface area contributed by atoms with Gasteiger partial charge in [-0.2, -0.15) is 5.21 Å². The number of aliphatic hydroxyl groups excluding tert-OH is 1. The summed E-state index contributed by atoms with van der Waals surface area (Å²) in [6.45, 7) is 3.02. The highest BCUT2D eigenvalue weighted by Gasteiger charge is 2.39. The van der Waals surface area contributed by atoms with Crippen LogP contribution >= 0.6 is 0 Å². The normalized spacial score (nSPS) is 20.3. The zero-order valence-corrected chi connectivity index (χ0v) is 16.7. The molecule has 0 spiro atoms. The Balaban J connectivity index is 1.93. The molecule has 2 heterocycles. The summed E-state index contributed by atoms with van der Waals surface area (Å²) in [6.07, 6.45) is -1.63. The van der Waals surface area contributed by atoms with Crippen LogP contribution in [0.25, 0.3) is 0 Å². The lowest BCUT2D eigenvalue weighted by Crippen LogP contribution is -2.53. The van der Waals surface area contributed by atoms with Crippen LogP contribution in [-0.4, -0.2) is 90.8 Å². The first kappa shape index (κ1) is 23.0. The van der Waals surface area contributed by atoms with Crippen LogP contribution < -0.4 is 16.0 Å². The molecule has 2 rings (SSSR count). The maximum atomic E-state index is 12.6. The van der Waals surface area contributed by atoms with Gasteiger partial charge in [0.15, 0.2) is 5.82 Å². The van der Waals surface area contributed by atoms with E-state index in [9.17, 15) is 24.3 Å². The van der Waals surface area contributed by atoms with Gasteiger partial charge in [0.1, 0.15) is 12.1 Å². The van der Waals surface area contributed by atoms with Crippen molar-refractivity contribution in [2.75, 3.05) is 13.1 Å². The van der Waals surface area contributed by atoms with Gasteiger partial charge in [0, 0.05) is 13.0 Å². The number of amides is 4. The Hall–Kier alpha value is -3.29. The minimum absolute atomic E-state index is 0.00185. The molecule has 0 bridgehead atoms. The van der Waals surface area contributed by atoms with E-state index < -0.39 is 48.5 Å². The molecule has 166 valence electrons. The van der Waals surface area contributed by atoms with Gasteiger partial charge in [0.2, 0.25) is 17.7 Å². The van der Waals surface area contributed by atoms with Crippen molar-refractivity contribution in [1.29, 1.82) is 0 Å². The molecule has 14 nitrogen and oxygen atoms in total. The quantitative estimate of drug-likeness (QED) is 0.248. The van der Waals surface area contributed by atoms with Crippen LogP contribution in [0.2, 0.25) is 0 Å². The van der Waals surface area contributed by atoms with Crippen LogP contribution in [0.15, 0.2) is 0 Å². The number of hydrogen-bond donors (Lipinski definition) is 6. The van der Waals surface area contributed by atoms with Crippen LogP contribution in [0.4, 0.5) is 4.79 Å². The average Bonchev–Trinajstić information content (AvgIpc) is 3.37. The van der Waals surface area contributed by atoms with E-state index in [-0.39, 0.29) is 31.3 Å². The lowest BCUT2D eigenvalue weighted by Gasteiger charge is -2.25. The molecule has 0 aromatic carbocycles. The third-order valence-electron chi connectivity index (χ3n) is 4.90. The summed E-state index contributed by atoms with van der Waals surface area (Å²) in [5.74, 6) is -1.74. The molecule has 6 N–H and O–H groups in total. The van der Waals surface area contributed by atoms with Crippen molar-refractivity contribution in [2.24, 2.45) is 5.92 Å². The smallest absolute Gasteiger partial charge is 0.405 e. The van der Waals surface area contributed by atoms with Crippen LogP contribution in [0.3, 0.4) is 0 Å². The van der Waals surface area contributed by atoms with E-state index in [0.717, 1.165) is 0 Å². The molecule has 4 amide bonds. The maximum absolute atomic E-state index is 12.6. The predicted molar refractivity (Wildman–Crippen MR) is 99.6 cm³/mol. The van der Waals surface area contributed by atoms with E-state index in [0.29, 0.717) is 6.42 Å². The second-order valence-corrected chi connectivity index (χ2v) is 7.03. The van der Waals surface area contributed by atoms with Gasteiger partial charge in [-0.05, 0) is 5.92 Å². The zero-order chi connectivity index (χ0) is 22.3. The monoisotopic (exact) mass is 426 g/mol. The van der Waals surface area contributed by atoms with Crippen molar-refractivity contribution >= 4 is 23.8 Å². The Labute approximate surface area is 171 Å². The van der Waals surface area contributed by atoms with Gasteiger partial charge in [-0.1, -0.05) is 25.5 Å². The molecule has 4 atom stereocenters. The van der Waals surface area contributed by atoms with Gasteiger partial charge in [-0.3, -0.25) is 14.4 Å². The minimum Gasteiger partial charge on any atom is -0.465 e. The van der Waals surface area contributed by atoms with E-state index in [2.05, 4.69) is 36.6 Å². The lowest BCUT2D eigenvalue weighted by atomic mass is 9.98. The molecular weight excluding hydrogens is 400 g/mol. The van der Waals surface area contributed by atoms with E-state index in [1.807, 2.05) is 6.92 Å². The summed E-state index contributed by atoms with van der Waals surface area (Å²) in [5, 5.41) is 39.0. The Morgan fingerprint density at radius 2 is 2.03 bits per heavy atom. The summed E-state index contributed by atoms with van der Waals surface area (Å²) in [5.41, 5.74) is 0. The number of aromatic nitrogens is 4. The zero-order valence-electron chi connectivity index (χ0n) is 16.7. The number of aromatic amines is 1. The van der Waals surface area contributed by atoms with Gasteiger partial charge in [-0.25, -0.2) is 4.79 Å². The van der Waals surface area contributed by atoms with Crippen LogP contribution in [0, 0.1) is 5.92 Å². The summed E-state index contributed by atoms with van der Waals surface area (Å²) >= 11 is 0. The number of tetrazole rings is 1. The first-order chi connectivity index (χ1) is 14.2. The first-order valence-corrected chi connectivity index (χ1v) is 9.47. The van der Waals surface area contributed by atoms with Crippen molar-refractivity contribution in [3.8, 4) is 0 Å². The number of rotatable bonds is 9. The number of likely N-dealkylation sites (tertiary alicyclic amines) is 1. The fourth-order valence-electron chi connectivity index (χ4n) is 3.09. The van der Waals surface area contributed by atoms with E-state index in [1.54, 1.807) is 6.92 Å². The Morgan fingerprint density at radius 3 is 2.63 bits per heavy atom. The molecule has 1 aromatic heterocycles. The summed E-state index contributed by atoms with van der Waals surface area (Å²) in [4.78, 5) is 49.5. The van der Waals surface area contributed by atoms with Crippen molar-refractivity contribution in [3.63, 3.8) is 0 Å². The number of H-pyrrole nitrogens is 1. The Bertz CT molecular complexity index is 757. The van der Waals surface area contributed by atoms with Gasteiger partial charge in [-0.15, -0.1) is 10.2 Å². The second-order valence-electron chi connectivity index (χ2n) is 7.03. The molecule has 0 radical (unpaired) electrons. The highest BCUT2D eigenvalue weighted by atomic mass is 16.4. The minimum atomic E-state index is -1.34. The largest absolute Gasteiger partial charge is 0.465 e. The van der Waals surface area contributed by atoms with Gasteiger partial charge in [0.25, 0.3) is 0 Å². The maximum Gasteiger partial charge on any atom is 0.405 e. The molecule has 0 unspecified atom stereocenters. The number of nitrogens with zero attached hydrogens (tertiary/aromatic N) is 4. The molecule has 0 aliphatic carbocycles. The number of aliphatic hydroxyl groups is 1. The highest BCUT2D eigenvalue weighted by molar-refractivity contribution is 5.92. The Kier molecular flexibility index (Phi) is 8.03. The van der Waals surface area contributed by atoms with Gasteiger partial charge in [0.05, 0.1) is 19.2 Å². The number of carboxylic acid groups (broad SMARTS) is 1. The number of β-amino-alcohol motifs (C(OH)–C–C–N with tert-alkyl or cyclic N) is 1. The average molecular weight is 426 g/mol. The van der Waals surface area contributed by atoms with Crippen molar-refractivity contribution in [3.05, 3.63) is 5.82 Å². The lowest BCUT2D eigenvalue weighted by molar-refractivity contribution is -0.139. The molecule has 1 aliphatic heterocycles. The third kappa shape index (κ3) is 6.10. The van der Waals surface area contributed by atoms with Crippen molar-refractivity contribution in [1.82, 2.24) is 41.5 Å². The number of hydrogen-bond acceptors (Lipinski definition) is 8. The van der Waals surface area contributed by atoms with E-state index in [1.165, 1.54) is 4.90 Å². The molecule has 30 heavy (non-hydrogen) atoms. The molecule has 0 saturated carbocycles. The fraction of sp³-hybridized carbons (Fsp3) is 0.688. The molecule has 14 heteroatoms. The Morgan fingerprint density at radius 1 is 1.30 bits per heavy atom. The van der Waals surface area contributed by atoms with Crippen molar-refractivity contribution in [2.45, 2.75) is 51.4 Å².